The average Bonchev–Trinajstić information content (AvgIpc) is 2.92. The third kappa shape index (κ3) is 3.45. The monoisotopic (exact) mass is 310 g/mol. The van der Waals surface area contributed by atoms with Gasteiger partial charge in [0.25, 0.3) is 5.69 Å². The standard InChI is InChI=1S/C12H14N4O2S2/c1-3-11-14-12(20-15-11)19-7-8-6-9(16(17)18)4-5-10(8)13-2/h4-6,13H,3,7H2,1-2H3. The van der Waals surface area contributed by atoms with E-state index in [1.54, 1.807) is 30.9 Å². The first-order valence-electron chi connectivity index (χ1n) is 6.04. The summed E-state index contributed by atoms with van der Waals surface area (Å²) in [7, 11) is 1.80. The number of aryl methyl sites for hydroxylation is 1. The fraction of sp³-hybridized carbons (Fsp3) is 0.333. The topological polar surface area (TPSA) is 81.0 Å². The highest BCUT2D eigenvalue weighted by Gasteiger charge is 2.11. The highest BCUT2D eigenvalue weighted by molar-refractivity contribution is 8.00. The SMILES string of the molecule is CCc1nsc(SCc2cc([N+](=O)[O-])ccc2NC)n1. The molecule has 0 bridgehead atoms. The van der Waals surface area contributed by atoms with Crippen LogP contribution in [0, 0.1) is 10.1 Å². The Balaban J connectivity index is 2.14. The minimum Gasteiger partial charge on any atom is -0.388 e. The summed E-state index contributed by atoms with van der Waals surface area (Å²) in [4.78, 5) is 14.8. The number of thioether (sulfide) groups is 1. The summed E-state index contributed by atoms with van der Waals surface area (Å²) in [5, 5.41) is 13.9. The zero-order valence-corrected chi connectivity index (χ0v) is 12.8. The zero-order valence-electron chi connectivity index (χ0n) is 11.1. The van der Waals surface area contributed by atoms with E-state index in [9.17, 15) is 10.1 Å². The number of hydrogen-bond acceptors (Lipinski definition) is 7. The molecule has 0 aliphatic rings. The summed E-state index contributed by atoms with van der Waals surface area (Å²) < 4.78 is 5.11. The van der Waals surface area contributed by atoms with Crippen molar-refractivity contribution >= 4 is 34.7 Å². The quantitative estimate of drug-likeness (QED) is 0.500. The van der Waals surface area contributed by atoms with Crippen molar-refractivity contribution in [2.75, 3.05) is 12.4 Å². The van der Waals surface area contributed by atoms with Crippen LogP contribution in [-0.2, 0) is 12.2 Å². The van der Waals surface area contributed by atoms with Crippen molar-refractivity contribution in [1.82, 2.24) is 9.36 Å². The molecule has 0 aliphatic carbocycles. The summed E-state index contributed by atoms with van der Waals surface area (Å²) in [5.74, 6) is 1.46. The molecule has 0 amide bonds. The van der Waals surface area contributed by atoms with Crippen LogP contribution in [0.15, 0.2) is 22.5 Å². The number of aromatic nitrogens is 2. The summed E-state index contributed by atoms with van der Waals surface area (Å²) in [5.41, 5.74) is 1.88. The van der Waals surface area contributed by atoms with Crippen molar-refractivity contribution in [3.63, 3.8) is 0 Å². The van der Waals surface area contributed by atoms with Gasteiger partial charge in [-0.15, -0.1) is 0 Å². The van der Waals surface area contributed by atoms with Crippen molar-refractivity contribution in [2.45, 2.75) is 23.4 Å². The Morgan fingerprint density at radius 2 is 2.30 bits per heavy atom. The van der Waals surface area contributed by atoms with Crippen LogP contribution >= 0.6 is 23.3 Å². The molecule has 8 heteroatoms. The third-order valence-electron chi connectivity index (χ3n) is 2.69. The Morgan fingerprint density at radius 1 is 1.50 bits per heavy atom. The molecule has 0 saturated heterocycles. The normalized spacial score (nSPS) is 10.5. The molecule has 106 valence electrons. The van der Waals surface area contributed by atoms with E-state index in [-0.39, 0.29) is 10.6 Å². The number of non-ortho nitro benzene ring substituents is 1. The first-order valence-corrected chi connectivity index (χ1v) is 7.80. The predicted octanol–water partition coefficient (Wildman–Crippen LogP) is 3.34. The molecule has 20 heavy (non-hydrogen) atoms. The van der Waals surface area contributed by atoms with Crippen LogP contribution in [0.25, 0.3) is 0 Å². The molecule has 0 spiro atoms. The van der Waals surface area contributed by atoms with Gasteiger partial charge in [0.1, 0.15) is 5.82 Å². The molecule has 2 rings (SSSR count). The van der Waals surface area contributed by atoms with E-state index in [4.69, 9.17) is 0 Å². The molecule has 1 N–H and O–H groups in total. The maximum absolute atomic E-state index is 10.8. The molecule has 1 aromatic carbocycles. The van der Waals surface area contributed by atoms with Gasteiger partial charge in [0.15, 0.2) is 4.34 Å². The molecule has 0 radical (unpaired) electrons. The summed E-state index contributed by atoms with van der Waals surface area (Å²) in [6.07, 6.45) is 0.815. The Labute approximate surface area is 124 Å². The number of nitro groups is 1. The maximum atomic E-state index is 10.8. The van der Waals surface area contributed by atoms with Crippen LogP contribution in [0.1, 0.15) is 18.3 Å². The van der Waals surface area contributed by atoms with Gasteiger partial charge >= 0.3 is 0 Å². The zero-order chi connectivity index (χ0) is 14.5. The number of benzene rings is 1. The van der Waals surface area contributed by atoms with Gasteiger partial charge in [-0.05, 0) is 23.2 Å². The lowest BCUT2D eigenvalue weighted by Gasteiger charge is -2.07. The van der Waals surface area contributed by atoms with Gasteiger partial charge in [0, 0.05) is 37.0 Å². The summed E-state index contributed by atoms with van der Waals surface area (Å²) >= 11 is 2.91. The van der Waals surface area contributed by atoms with Gasteiger partial charge in [0.2, 0.25) is 0 Å². The van der Waals surface area contributed by atoms with Crippen molar-refractivity contribution in [3.8, 4) is 0 Å². The van der Waals surface area contributed by atoms with E-state index in [0.717, 1.165) is 27.8 Å². The second-order valence-corrected chi connectivity index (χ2v) is 5.94. The Morgan fingerprint density at radius 3 is 2.90 bits per heavy atom. The van der Waals surface area contributed by atoms with Crippen molar-refractivity contribution in [1.29, 1.82) is 0 Å². The van der Waals surface area contributed by atoms with Crippen LogP contribution in [0.2, 0.25) is 0 Å². The van der Waals surface area contributed by atoms with Gasteiger partial charge in [-0.1, -0.05) is 18.7 Å². The number of rotatable bonds is 6. The summed E-state index contributed by atoms with van der Waals surface area (Å²) in [6, 6.07) is 4.83. The van der Waals surface area contributed by atoms with Gasteiger partial charge in [-0.2, -0.15) is 4.37 Å². The third-order valence-corrected chi connectivity index (χ3v) is 4.61. The first-order chi connectivity index (χ1) is 9.63. The molecule has 0 atom stereocenters. The van der Waals surface area contributed by atoms with Crippen LogP contribution < -0.4 is 5.32 Å². The smallest absolute Gasteiger partial charge is 0.269 e. The molecule has 0 unspecified atom stereocenters. The fourth-order valence-corrected chi connectivity index (χ4v) is 3.32. The van der Waals surface area contributed by atoms with Crippen LogP contribution in [0.5, 0.6) is 0 Å². The van der Waals surface area contributed by atoms with Crippen molar-refractivity contribution < 1.29 is 4.92 Å². The minimum absolute atomic E-state index is 0.103. The van der Waals surface area contributed by atoms with Crippen LogP contribution in [0.4, 0.5) is 11.4 Å². The van der Waals surface area contributed by atoms with Crippen molar-refractivity contribution in [3.05, 3.63) is 39.7 Å². The molecule has 1 aromatic heterocycles. The van der Waals surface area contributed by atoms with E-state index >= 15 is 0 Å². The van der Waals surface area contributed by atoms with E-state index < -0.39 is 0 Å². The van der Waals surface area contributed by atoms with E-state index in [1.807, 2.05) is 6.92 Å². The molecule has 2 aromatic rings. The Bertz CT molecular complexity index is 615. The number of nitrogens with one attached hydrogen (secondary N) is 1. The molecule has 0 saturated carbocycles. The lowest BCUT2D eigenvalue weighted by molar-refractivity contribution is -0.384. The molecule has 0 fully saturated rings. The van der Waals surface area contributed by atoms with E-state index in [2.05, 4.69) is 14.7 Å². The molecular weight excluding hydrogens is 296 g/mol. The number of hydrogen-bond donors (Lipinski definition) is 1. The van der Waals surface area contributed by atoms with Crippen molar-refractivity contribution in [2.24, 2.45) is 0 Å². The first kappa shape index (κ1) is 14.7. The molecular formula is C12H14N4O2S2. The Kier molecular flexibility index (Phi) is 4.91. The van der Waals surface area contributed by atoms with E-state index in [1.165, 1.54) is 17.6 Å². The molecule has 0 aliphatic heterocycles. The number of nitrogens with zero attached hydrogens (tertiary/aromatic N) is 3. The highest BCUT2D eigenvalue weighted by Crippen LogP contribution is 2.30. The largest absolute Gasteiger partial charge is 0.388 e. The molecule has 1 heterocycles. The van der Waals surface area contributed by atoms with Gasteiger partial charge < -0.3 is 5.32 Å². The Hall–Kier alpha value is -1.67. The van der Waals surface area contributed by atoms with Gasteiger partial charge in [-0.3, -0.25) is 10.1 Å². The lowest BCUT2D eigenvalue weighted by Crippen LogP contribution is -1.96. The summed E-state index contributed by atoms with van der Waals surface area (Å²) in [6.45, 7) is 2.01. The number of nitro benzene ring substituents is 1. The lowest BCUT2D eigenvalue weighted by atomic mass is 10.2. The maximum Gasteiger partial charge on any atom is 0.269 e. The predicted molar refractivity (Wildman–Crippen MR) is 81.5 cm³/mol. The highest BCUT2D eigenvalue weighted by atomic mass is 32.2. The molecule has 6 nitrogen and oxygen atoms in total. The minimum atomic E-state index is -0.381. The second kappa shape index (κ2) is 6.67. The fourth-order valence-electron chi connectivity index (χ4n) is 1.64. The van der Waals surface area contributed by atoms with E-state index in [0.29, 0.717) is 5.75 Å². The average molecular weight is 310 g/mol. The van der Waals surface area contributed by atoms with Gasteiger partial charge in [0.05, 0.1) is 4.92 Å². The van der Waals surface area contributed by atoms with Gasteiger partial charge in [-0.25, -0.2) is 4.98 Å². The van der Waals surface area contributed by atoms with Crippen LogP contribution in [0.3, 0.4) is 0 Å². The van der Waals surface area contributed by atoms with Crippen LogP contribution in [-0.4, -0.2) is 21.3 Å². The number of anilines is 1. The second-order valence-electron chi connectivity index (χ2n) is 3.97.